The Balaban J connectivity index is 2.74. The lowest BCUT2D eigenvalue weighted by molar-refractivity contribution is -0.139. The summed E-state index contributed by atoms with van der Waals surface area (Å²) < 4.78 is 18.0. The SMILES string of the molecule is COc1ccc(CSC(C)(C)[C@@H](N)C(=O)O)c(F)c1. The van der Waals surface area contributed by atoms with Crippen LogP contribution in [0.2, 0.25) is 0 Å². The molecular formula is C13H18FNO3S. The van der Waals surface area contributed by atoms with Gasteiger partial charge in [0.15, 0.2) is 0 Å². The lowest BCUT2D eigenvalue weighted by Gasteiger charge is -2.28. The Hall–Kier alpha value is -1.27. The third kappa shape index (κ3) is 4.11. The third-order valence-electron chi connectivity index (χ3n) is 2.87. The van der Waals surface area contributed by atoms with E-state index in [2.05, 4.69) is 0 Å². The van der Waals surface area contributed by atoms with Crippen molar-refractivity contribution in [3.8, 4) is 5.75 Å². The Morgan fingerprint density at radius 1 is 1.58 bits per heavy atom. The van der Waals surface area contributed by atoms with Gasteiger partial charge in [0.25, 0.3) is 0 Å². The average molecular weight is 287 g/mol. The summed E-state index contributed by atoms with van der Waals surface area (Å²) in [5, 5.41) is 8.91. The Morgan fingerprint density at radius 2 is 2.21 bits per heavy atom. The molecule has 0 radical (unpaired) electrons. The quantitative estimate of drug-likeness (QED) is 0.839. The second-order valence-corrected chi connectivity index (χ2v) is 6.29. The molecule has 0 fully saturated rings. The summed E-state index contributed by atoms with van der Waals surface area (Å²) in [5.41, 5.74) is 6.10. The van der Waals surface area contributed by atoms with Crippen LogP contribution in [0.4, 0.5) is 4.39 Å². The zero-order valence-electron chi connectivity index (χ0n) is 11.1. The number of hydrogen-bond donors (Lipinski definition) is 2. The number of rotatable bonds is 6. The van der Waals surface area contributed by atoms with E-state index in [1.807, 2.05) is 0 Å². The first-order valence-corrected chi connectivity index (χ1v) is 6.71. The minimum atomic E-state index is -1.06. The Bertz CT molecular complexity index is 465. The van der Waals surface area contributed by atoms with Crippen LogP contribution in [0.1, 0.15) is 19.4 Å². The number of carboxylic acids is 1. The fourth-order valence-corrected chi connectivity index (χ4v) is 2.46. The number of methoxy groups -OCH3 is 1. The van der Waals surface area contributed by atoms with Gasteiger partial charge in [0.2, 0.25) is 0 Å². The molecule has 1 aromatic rings. The molecule has 0 aliphatic rings. The van der Waals surface area contributed by atoms with Gasteiger partial charge in [-0.15, -0.1) is 11.8 Å². The molecule has 19 heavy (non-hydrogen) atoms. The van der Waals surface area contributed by atoms with E-state index in [4.69, 9.17) is 15.6 Å². The van der Waals surface area contributed by atoms with Crippen molar-refractivity contribution in [3.63, 3.8) is 0 Å². The zero-order valence-corrected chi connectivity index (χ0v) is 12.0. The monoisotopic (exact) mass is 287 g/mol. The fourth-order valence-electron chi connectivity index (χ4n) is 1.42. The van der Waals surface area contributed by atoms with Crippen molar-refractivity contribution in [1.82, 2.24) is 0 Å². The maximum absolute atomic E-state index is 13.7. The molecule has 6 heteroatoms. The highest BCUT2D eigenvalue weighted by Gasteiger charge is 2.32. The van der Waals surface area contributed by atoms with Crippen LogP contribution in [0.15, 0.2) is 18.2 Å². The van der Waals surface area contributed by atoms with E-state index in [9.17, 15) is 9.18 Å². The molecular weight excluding hydrogens is 269 g/mol. The lowest BCUT2D eigenvalue weighted by atomic mass is 10.1. The second kappa shape index (κ2) is 6.25. The maximum Gasteiger partial charge on any atom is 0.321 e. The number of nitrogens with two attached hydrogens (primary N) is 1. The zero-order chi connectivity index (χ0) is 14.6. The van der Waals surface area contributed by atoms with Crippen molar-refractivity contribution in [2.75, 3.05) is 7.11 Å². The van der Waals surface area contributed by atoms with Gasteiger partial charge in [0.05, 0.1) is 7.11 Å². The first kappa shape index (κ1) is 15.8. The number of halogens is 1. The van der Waals surface area contributed by atoms with Gasteiger partial charge in [-0.3, -0.25) is 4.79 Å². The molecule has 106 valence electrons. The van der Waals surface area contributed by atoms with Gasteiger partial charge in [-0.2, -0.15) is 0 Å². The van der Waals surface area contributed by atoms with E-state index in [0.29, 0.717) is 17.1 Å². The van der Waals surface area contributed by atoms with Gasteiger partial charge in [-0.25, -0.2) is 4.39 Å². The van der Waals surface area contributed by atoms with E-state index < -0.39 is 16.8 Å². The van der Waals surface area contributed by atoms with E-state index in [1.165, 1.54) is 24.9 Å². The molecule has 0 aromatic heterocycles. The molecule has 0 saturated carbocycles. The van der Waals surface area contributed by atoms with Crippen LogP contribution in [0.5, 0.6) is 5.75 Å². The Kier molecular flexibility index (Phi) is 5.20. The van der Waals surface area contributed by atoms with Crippen molar-refractivity contribution >= 4 is 17.7 Å². The number of carboxylic acid groups (broad SMARTS) is 1. The van der Waals surface area contributed by atoms with Gasteiger partial charge in [-0.05, 0) is 25.5 Å². The highest BCUT2D eigenvalue weighted by molar-refractivity contribution is 7.99. The molecule has 0 saturated heterocycles. The van der Waals surface area contributed by atoms with E-state index in [-0.39, 0.29) is 5.82 Å². The lowest BCUT2D eigenvalue weighted by Crippen LogP contribution is -2.46. The van der Waals surface area contributed by atoms with Crippen LogP contribution in [-0.4, -0.2) is 29.0 Å². The van der Waals surface area contributed by atoms with Gasteiger partial charge in [-0.1, -0.05) is 6.07 Å². The molecule has 0 bridgehead atoms. The minimum absolute atomic E-state index is 0.351. The van der Waals surface area contributed by atoms with Crippen LogP contribution >= 0.6 is 11.8 Å². The number of thioether (sulfide) groups is 1. The summed E-state index contributed by atoms with van der Waals surface area (Å²) in [5.74, 6) is -0.629. The van der Waals surface area contributed by atoms with Crippen LogP contribution in [0.25, 0.3) is 0 Å². The summed E-state index contributed by atoms with van der Waals surface area (Å²) in [6, 6.07) is 3.60. The number of ether oxygens (including phenoxy) is 1. The molecule has 1 rings (SSSR count). The predicted octanol–water partition coefficient (Wildman–Crippen LogP) is 2.26. The van der Waals surface area contributed by atoms with Crippen molar-refractivity contribution in [3.05, 3.63) is 29.6 Å². The topological polar surface area (TPSA) is 72.5 Å². The van der Waals surface area contributed by atoms with E-state index in [1.54, 1.807) is 26.0 Å². The van der Waals surface area contributed by atoms with Gasteiger partial charge in [0.1, 0.15) is 17.6 Å². The molecule has 0 spiro atoms. The number of aliphatic carboxylic acids is 1. The molecule has 0 heterocycles. The third-order valence-corrected chi connectivity index (χ3v) is 4.33. The largest absolute Gasteiger partial charge is 0.497 e. The molecule has 0 aliphatic carbocycles. The van der Waals surface area contributed by atoms with Crippen molar-refractivity contribution in [2.24, 2.45) is 5.73 Å². The highest BCUT2D eigenvalue weighted by atomic mass is 32.2. The smallest absolute Gasteiger partial charge is 0.321 e. The van der Waals surface area contributed by atoms with Gasteiger partial charge < -0.3 is 15.6 Å². The van der Waals surface area contributed by atoms with Gasteiger partial charge in [0, 0.05) is 16.6 Å². The summed E-state index contributed by atoms with van der Waals surface area (Å²) in [6.07, 6.45) is 0. The second-order valence-electron chi connectivity index (χ2n) is 4.67. The molecule has 1 aromatic carbocycles. The van der Waals surface area contributed by atoms with Crippen LogP contribution in [0, 0.1) is 5.82 Å². The molecule has 4 nitrogen and oxygen atoms in total. The van der Waals surface area contributed by atoms with Gasteiger partial charge >= 0.3 is 5.97 Å². The van der Waals surface area contributed by atoms with Crippen molar-refractivity contribution in [2.45, 2.75) is 30.4 Å². The first-order valence-electron chi connectivity index (χ1n) is 5.72. The highest BCUT2D eigenvalue weighted by Crippen LogP contribution is 2.32. The molecule has 1 atom stereocenters. The van der Waals surface area contributed by atoms with Crippen LogP contribution < -0.4 is 10.5 Å². The Labute approximate surface area is 116 Å². The van der Waals surface area contributed by atoms with E-state index in [0.717, 1.165) is 0 Å². The van der Waals surface area contributed by atoms with Crippen molar-refractivity contribution in [1.29, 1.82) is 0 Å². The average Bonchev–Trinajstić information content (AvgIpc) is 2.36. The predicted molar refractivity (Wildman–Crippen MR) is 73.9 cm³/mol. The number of carbonyl (C=O) groups is 1. The number of hydrogen-bond acceptors (Lipinski definition) is 4. The molecule has 0 unspecified atom stereocenters. The maximum atomic E-state index is 13.7. The summed E-state index contributed by atoms with van der Waals surface area (Å²) in [4.78, 5) is 10.9. The van der Waals surface area contributed by atoms with Crippen LogP contribution in [0.3, 0.4) is 0 Å². The molecule has 3 N–H and O–H groups in total. The standard InChI is InChI=1S/C13H18FNO3S/c1-13(2,11(15)12(16)17)19-7-8-4-5-9(18-3)6-10(8)14/h4-6,11H,7,15H2,1-3H3,(H,16,17)/t11-/m0/s1. The molecule has 0 amide bonds. The summed E-state index contributed by atoms with van der Waals surface area (Å²) in [7, 11) is 1.47. The summed E-state index contributed by atoms with van der Waals surface area (Å²) >= 11 is 1.31. The van der Waals surface area contributed by atoms with E-state index >= 15 is 0 Å². The first-order chi connectivity index (χ1) is 8.77. The van der Waals surface area contributed by atoms with Crippen molar-refractivity contribution < 1.29 is 19.0 Å². The van der Waals surface area contributed by atoms with Crippen LogP contribution in [-0.2, 0) is 10.5 Å². The normalized spacial score (nSPS) is 13.1. The molecule has 0 aliphatic heterocycles. The Morgan fingerprint density at radius 3 is 2.68 bits per heavy atom. The number of benzene rings is 1. The minimum Gasteiger partial charge on any atom is -0.497 e. The summed E-state index contributed by atoms with van der Waals surface area (Å²) in [6.45, 7) is 3.47. The fraction of sp³-hybridized carbons (Fsp3) is 0.462.